The lowest BCUT2D eigenvalue weighted by Gasteiger charge is -2.48. The first kappa shape index (κ1) is 49.7. The van der Waals surface area contributed by atoms with Crippen LogP contribution in [0.25, 0.3) is 22.3 Å². The highest BCUT2D eigenvalue weighted by Gasteiger charge is 2.55. The van der Waals surface area contributed by atoms with E-state index in [9.17, 15) is 91.6 Å². The molecular formula is C39H50O27. The Hall–Kier alpha value is -4.15. The number of ether oxygens (including phenoxy) is 8. The number of phenolic OH excluding ortho intramolecular Hbond substituents is 3. The lowest BCUT2D eigenvalue weighted by Crippen LogP contribution is -2.67. The Morgan fingerprint density at radius 1 is 0.470 bits per heavy atom. The zero-order valence-electron chi connectivity index (χ0n) is 33.9. The maximum Gasteiger partial charge on any atom is 0.239 e. The van der Waals surface area contributed by atoms with E-state index in [1.165, 1.54) is 0 Å². The molecule has 0 aliphatic carbocycles. The highest BCUT2D eigenvalue weighted by molar-refractivity contribution is 5.88. The van der Waals surface area contributed by atoms with Gasteiger partial charge >= 0.3 is 0 Å². The highest BCUT2D eigenvalue weighted by Crippen LogP contribution is 2.41. The van der Waals surface area contributed by atoms with Crippen LogP contribution in [0.15, 0.2) is 39.5 Å². The van der Waals surface area contributed by atoms with E-state index in [2.05, 4.69) is 0 Å². The maximum absolute atomic E-state index is 14.5. The monoisotopic (exact) mass is 950 g/mol. The molecule has 5 heterocycles. The molecule has 368 valence electrons. The van der Waals surface area contributed by atoms with E-state index in [-0.39, 0.29) is 11.3 Å². The third-order valence-electron chi connectivity index (χ3n) is 11.6. The smallest absolute Gasteiger partial charge is 0.239 e. The van der Waals surface area contributed by atoms with Crippen LogP contribution in [0, 0.1) is 0 Å². The summed E-state index contributed by atoms with van der Waals surface area (Å²) in [5.74, 6) is -4.19. The number of benzene rings is 2. The summed E-state index contributed by atoms with van der Waals surface area (Å²) in [6, 6.07) is 4.86. The quantitative estimate of drug-likeness (QED) is 0.0708. The van der Waals surface area contributed by atoms with Crippen molar-refractivity contribution < 1.29 is 129 Å². The Balaban J connectivity index is 1.28. The predicted molar refractivity (Wildman–Crippen MR) is 207 cm³/mol. The van der Waals surface area contributed by atoms with Gasteiger partial charge in [-0.25, -0.2) is 0 Å². The first-order valence-electron chi connectivity index (χ1n) is 20.2. The standard InChI is InChI=1S/C39H50O27/c40-6-16-21(47)26(52)30(56)36(60-16)58-11-4-14(46)20-15(5-11)59-32(10-1-2-12(44)13(45)3-10)33(25(20)51)64-38-35(29(55)24(50)18(8-42)62-38)66-39-34(28(54)23(49)19(9-43)63-39)65-37-31(57)27(53)22(48)17(7-41)61-37/h1-5,16-19,21-24,26-31,34-50,52-57H,6-9H2/t16-,17-,18-,19-,21-,22-,23-,24-,26+,27+,28+,29+,30-,31-,34-,35-,36-,37+,38+,39+/m1/s1. The zero-order valence-corrected chi connectivity index (χ0v) is 33.9. The van der Waals surface area contributed by atoms with Crippen molar-refractivity contribution in [3.8, 4) is 40.1 Å². The summed E-state index contributed by atoms with van der Waals surface area (Å²) in [4.78, 5) is 14.5. The van der Waals surface area contributed by atoms with Crippen molar-refractivity contribution in [2.45, 2.75) is 123 Å². The van der Waals surface area contributed by atoms with Crippen LogP contribution in [0.3, 0.4) is 0 Å². The zero-order chi connectivity index (χ0) is 48.0. The van der Waals surface area contributed by atoms with Gasteiger partial charge in [0.2, 0.25) is 23.8 Å². The molecule has 4 saturated heterocycles. The largest absolute Gasteiger partial charge is 0.507 e. The van der Waals surface area contributed by atoms with Gasteiger partial charge in [-0.05, 0) is 18.2 Å². The summed E-state index contributed by atoms with van der Waals surface area (Å²) in [6.07, 6.45) is -38.3. The molecule has 0 unspecified atom stereocenters. The lowest BCUT2D eigenvalue weighted by molar-refractivity contribution is -0.389. The van der Waals surface area contributed by atoms with E-state index >= 15 is 0 Å². The first-order chi connectivity index (χ1) is 31.3. The number of phenols is 3. The topological polar surface area (TPSA) is 448 Å². The minimum absolute atomic E-state index is 0.224. The molecule has 4 fully saturated rings. The molecule has 20 atom stereocenters. The predicted octanol–water partition coefficient (Wildman–Crippen LogP) is -7.42. The van der Waals surface area contributed by atoms with E-state index in [0.29, 0.717) is 0 Å². The molecule has 1 aromatic heterocycles. The van der Waals surface area contributed by atoms with Crippen molar-refractivity contribution in [1.82, 2.24) is 0 Å². The van der Waals surface area contributed by atoms with Crippen molar-refractivity contribution in [3.05, 3.63) is 40.6 Å². The fourth-order valence-electron chi connectivity index (χ4n) is 7.80. The number of aliphatic hydroxyl groups is 14. The second-order valence-corrected chi connectivity index (χ2v) is 15.9. The molecule has 0 amide bonds. The van der Waals surface area contributed by atoms with Gasteiger partial charge in [-0.2, -0.15) is 0 Å². The van der Waals surface area contributed by atoms with Gasteiger partial charge in [0.1, 0.15) is 114 Å². The fraction of sp³-hybridized carbons (Fsp3) is 0.615. The van der Waals surface area contributed by atoms with E-state index in [1.807, 2.05) is 0 Å². The van der Waals surface area contributed by atoms with Crippen molar-refractivity contribution in [1.29, 1.82) is 0 Å². The van der Waals surface area contributed by atoms with Gasteiger partial charge in [-0.15, -0.1) is 0 Å². The molecule has 4 aliphatic rings. The number of hydrogen-bond acceptors (Lipinski definition) is 27. The molecule has 0 radical (unpaired) electrons. The van der Waals surface area contributed by atoms with Crippen LogP contribution in [0.5, 0.6) is 28.7 Å². The number of rotatable bonds is 13. The highest BCUT2D eigenvalue weighted by atomic mass is 16.8. The number of aliphatic hydroxyl groups excluding tert-OH is 14. The summed E-state index contributed by atoms with van der Waals surface area (Å²) in [6.45, 7) is -3.70. The summed E-state index contributed by atoms with van der Waals surface area (Å²) < 4.78 is 51.4. The van der Waals surface area contributed by atoms with Crippen LogP contribution in [0.2, 0.25) is 0 Å². The Morgan fingerprint density at radius 3 is 1.48 bits per heavy atom. The molecule has 0 bridgehead atoms. The van der Waals surface area contributed by atoms with Crippen LogP contribution < -0.4 is 14.9 Å². The van der Waals surface area contributed by atoms with E-state index < -0.39 is 194 Å². The molecule has 3 aromatic rings. The van der Waals surface area contributed by atoms with E-state index in [1.54, 1.807) is 0 Å². The summed E-state index contributed by atoms with van der Waals surface area (Å²) >= 11 is 0. The molecule has 66 heavy (non-hydrogen) atoms. The molecule has 0 spiro atoms. The lowest BCUT2D eigenvalue weighted by atomic mass is 9.96. The van der Waals surface area contributed by atoms with Crippen LogP contribution in [-0.4, -0.2) is 236 Å². The minimum Gasteiger partial charge on any atom is -0.507 e. The molecule has 17 N–H and O–H groups in total. The average molecular weight is 951 g/mol. The van der Waals surface area contributed by atoms with Crippen molar-refractivity contribution in [3.63, 3.8) is 0 Å². The summed E-state index contributed by atoms with van der Waals surface area (Å²) in [5.41, 5.74) is -1.96. The van der Waals surface area contributed by atoms with Gasteiger partial charge in [0, 0.05) is 17.7 Å². The Kier molecular flexibility index (Phi) is 15.2. The Morgan fingerprint density at radius 2 is 0.939 bits per heavy atom. The van der Waals surface area contributed by atoms with E-state index in [4.69, 9.17) is 42.3 Å². The van der Waals surface area contributed by atoms with Crippen molar-refractivity contribution >= 4 is 11.0 Å². The minimum atomic E-state index is -2.20. The average Bonchev–Trinajstić information content (AvgIpc) is 3.29. The molecular weight excluding hydrogens is 900 g/mol. The SMILES string of the molecule is O=c1c(O[C@@H]2O[C@H](CO)[C@@H](O)[C@H](O)[C@H]2O[C@@H]2O[C@H](CO)[C@@H](O)[C@H](O)[C@H]2O[C@@H]2O[C@H](CO)[C@@H](O)[C@H](O)[C@H]2O)c(-c2ccc(O)c(O)c2)oc2cc(O[C@@H]3O[C@H](CO)[C@@H](O)[C@H](O)[C@H]3O)cc(O)c12. The van der Waals surface area contributed by atoms with Gasteiger partial charge in [-0.1, -0.05) is 0 Å². The molecule has 0 saturated carbocycles. The van der Waals surface area contributed by atoms with Crippen molar-refractivity contribution in [2.24, 2.45) is 0 Å². The molecule has 2 aromatic carbocycles. The van der Waals surface area contributed by atoms with Gasteiger partial charge in [-0.3, -0.25) is 4.79 Å². The van der Waals surface area contributed by atoms with Crippen LogP contribution in [-0.2, 0) is 28.4 Å². The molecule has 27 heteroatoms. The third-order valence-corrected chi connectivity index (χ3v) is 11.6. The van der Waals surface area contributed by atoms with Crippen LogP contribution in [0.4, 0.5) is 0 Å². The number of hydrogen-bond donors (Lipinski definition) is 17. The number of fused-ring (bicyclic) bond motifs is 1. The number of aromatic hydroxyl groups is 3. The van der Waals surface area contributed by atoms with Gasteiger partial charge in [0.05, 0.1) is 26.4 Å². The molecule has 4 aliphatic heterocycles. The van der Waals surface area contributed by atoms with Crippen molar-refractivity contribution in [2.75, 3.05) is 26.4 Å². The maximum atomic E-state index is 14.5. The normalized spacial score (nSPS) is 39.7. The van der Waals surface area contributed by atoms with Gasteiger partial charge in [0.25, 0.3) is 0 Å². The third kappa shape index (κ3) is 9.36. The van der Waals surface area contributed by atoms with Crippen LogP contribution in [0.1, 0.15) is 0 Å². The van der Waals surface area contributed by atoms with Crippen LogP contribution >= 0.6 is 0 Å². The van der Waals surface area contributed by atoms with Gasteiger partial charge in [0.15, 0.2) is 35.9 Å². The second-order valence-electron chi connectivity index (χ2n) is 15.9. The van der Waals surface area contributed by atoms with E-state index in [0.717, 1.165) is 30.3 Å². The first-order valence-corrected chi connectivity index (χ1v) is 20.2. The molecule has 7 rings (SSSR count). The molecule has 27 nitrogen and oxygen atoms in total. The fourth-order valence-corrected chi connectivity index (χ4v) is 7.80. The Bertz CT molecular complexity index is 2190. The second kappa shape index (κ2) is 20.2. The van der Waals surface area contributed by atoms with Gasteiger partial charge < -0.3 is 129 Å². The Labute approximate surface area is 369 Å². The summed E-state index contributed by atoms with van der Waals surface area (Å²) in [7, 11) is 0. The summed E-state index contributed by atoms with van der Waals surface area (Å²) in [5, 5.41) is 177.